The Morgan fingerprint density at radius 1 is 0.828 bits per heavy atom. The molecule has 0 saturated heterocycles. The zero-order valence-electron chi connectivity index (χ0n) is 17.9. The van der Waals surface area contributed by atoms with Crippen LogP contribution in [0.25, 0.3) is 12.2 Å². The van der Waals surface area contributed by atoms with E-state index in [0.717, 1.165) is 0 Å². The summed E-state index contributed by atoms with van der Waals surface area (Å²) in [7, 11) is 9.87. The van der Waals surface area contributed by atoms with Gasteiger partial charge in [-0.2, -0.15) is 5.92 Å². The molecule has 2 aliphatic rings. The monoisotopic (exact) mass is 501 g/mol. The number of allylic oxidation sites excluding steroid dienone is 2. The number of hydrogen-bond acceptors (Lipinski definition) is 0. The third-order valence-electron chi connectivity index (χ3n) is 6.44. The van der Waals surface area contributed by atoms with Gasteiger partial charge in [0.1, 0.15) is 0 Å². The van der Waals surface area contributed by atoms with Gasteiger partial charge in [0.05, 0.1) is 0 Å². The van der Waals surface area contributed by atoms with E-state index in [2.05, 4.69) is 89.6 Å². The van der Waals surface area contributed by atoms with Crippen LogP contribution in [0.3, 0.4) is 0 Å². The molecular formula is C26H29Cl2Zr-. The fourth-order valence-corrected chi connectivity index (χ4v) is 4.92. The molecule has 2 aromatic rings. The number of fused-ring (bicyclic) bond motifs is 2. The number of aryl methyl sites for hydroxylation is 4. The summed E-state index contributed by atoms with van der Waals surface area (Å²) in [6, 6.07) is 9.08. The van der Waals surface area contributed by atoms with E-state index >= 15 is 0 Å². The quantitative estimate of drug-likeness (QED) is 0.367. The first-order valence-corrected chi connectivity index (χ1v) is 16.6. The van der Waals surface area contributed by atoms with Crippen LogP contribution in [0.2, 0.25) is 0 Å². The molecule has 0 aliphatic heterocycles. The molecule has 0 fully saturated rings. The van der Waals surface area contributed by atoms with Gasteiger partial charge in [-0.3, -0.25) is 0 Å². The third-order valence-corrected chi connectivity index (χ3v) is 6.44. The Morgan fingerprint density at radius 3 is 1.90 bits per heavy atom. The van der Waals surface area contributed by atoms with Gasteiger partial charge in [0.25, 0.3) is 0 Å². The van der Waals surface area contributed by atoms with Crippen molar-refractivity contribution < 1.29 is 20.8 Å². The van der Waals surface area contributed by atoms with E-state index in [-0.39, 0.29) is 0 Å². The molecule has 2 aromatic carbocycles. The first-order valence-electron chi connectivity index (χ1n) is 10.3. The van der Waals surface area contributed by atoms with Crippen molar-refractivity contribution in [2.45, 2.75) is 52.9 Å². The second kappa shape index (κ2) is 10.1. The van der Waals surface area contributed by atoms with Crippen LogP contribution >= 0.6 is 17.0 Å². The van der Waals surface area contributed by atoms with Crippen molar-refractivity contribution in [2.24, 2.45) is 5.92 Å². The Bertz CT molecular complexity index is 942. The summed E-state index contributed by atoms with van der Waals surface area (Å²) >= 11 is -0.826. The predicted octanol–water partition coefficient (Wildman–Crippen LogP) is 8.45. The van der Waals surface area contributed by atoms with E-state index in [0.29, 0.717) is 17.8 Å². The first kappa shape index (κ1) is 23.1. The second-order valence-corrected chi connectivity index (χ2v) is 11.9. The molecule has 3 atom stereocenters. The van der Waals surface area contributed by atoms with Crippen molar-refractivity contribution in [1.29, 1.82) is 0 Å². The Kier molecular flexibility index (Phi) is 8.05. The van der Waals surface area contributed by atoms with Crippen molar-refractivity contribution in [3.05, 3.63) is 87.3 Å². The number of rotatable bonds is 4. The van der Waals surface area contributed by atoms with Gasteiger partial charge in [-0.05, 0) is 72.6 Å². The van der Waals surface area contributed by atoms with Gasteiger partial charge in [0.2, 0.25) is 0 Å². The summed E-state index contributed by atoms with van der Waals surface area (Å²) in [6.45, 7) is 11.3. The van der Waals surface area contributed by atoms with E-state index < -0.39 is 20.8 Å². The molecule has 0 bridgehead atoms. The van der Waals surface area contributed by atoms with Crippen molar-refractivity contribution >= 4 is 29.2 Å². The molecule has 29 heavy (non-hydrogen) atoms. The number of halogens is 2. The predicted molar refractivity (Wildman–Crippen MR) is 125 cm³/mol. The van der Waals surface area contributed by atoms with Gasteiger partial charge in [0, 0.05) is 0 Å². The average Bonchev–Trinajstić information content (AvgIpc) is 3.32. The van der Waals surface area contributed by atoms with Crippen LogP contribution in [0.5, 0.6) is 0 Å². The molecule has 152 valence electrons. The van der Waals surface area contributed by atoms with Gasteiger partial charge in [-0.15, -0.1) is 12.0 Å². The molecule has 0 heterocycles. The minimum absolute atomic E-state index is 0.442. The first-order chi connectivity index (χ1) is 13.9. The zero-order valence-corrected chi connectivity index (χ0v) is 21.9. The van der Waals surface area contributed by atoms with E-state index in [9.17, 15) is 0 Å². The third kappa shape index (κ3) is 4.68. The summed E-state index contributed by atoms with van der Waals surface area (Å²) in [4.78, 5) is 0. The average molecular weight is 504 g/mol. The van der Waals surface area contributed by atoms with Crippen molar-refractivity contribution in [2.75, 3.05) is 0 Å². The standard InChI is InChI=1S/C26H29.2ClH.Zr/c1-6-20(24-14-13-23-17(3)8-10-19(5)26(23)24)15-21-11-12-22-16(2)7-9-18(4)25(21)22;;;/h7-15,20-21,24H,6H2,1-5H3;2*1H;/q-1;;;+2/p-2. The fourth-order valence-electron chi connectivity index (χ4n) is 4.92. The Hall–Kier alpha value is -0.617. The molecule has 4 rings (SSSR count). The maximum absolute atomic E-state index is 4.93. The SMILES string of the molecule is CCC([CH-]C1C=Cc2c(C)ccc(C)c21)C1C=Cc2c(C)ccc(C)c21.[Cl][Zr][Cl]. The van der Waals surface area contributed by atoms with Gasteiger partial charge in [-0.1, -0.05) is 61.4 Å². The summed E-state index contributed by atoms with van der Waals surface area (Å²) < 4.78 is 0. The minimum atomic E-state index is -0.826. The maximum atomic E-state index is 4.93. The molecule has 0 nitrogen and oxygen atoms in total. The number of hydrogen-bond donors (Lipinski definition) is 0. The van der Waals surface area contributed by atoms with Crippen LogP contribution in [-0.4, -0.2) is 0 Å². The van der Waals surface area contributed by atoms with Gasteiger partial charge in [0.15, 0.2) is 0 Å². The van der Waals surface area contributed by atoms with Crippen LogP contribution in [0.4, 0.5) is 0 Å². The molecule has 0 spiro atoms. The van der Waals surface area contributed by atoms with Crippen molar-refractivity contribution in [1.82, 2.24) is 0 Å². The Balaban J connectivity index is 0.000000755. The normalized spacial score (nSPS) is 19.4. The molecule has 3 unspecified atom stereocenters. The number of benzene rings is 2. The molecule has 2 aliphatic carbocycles. The van der Waals surface area contributed by atoms with E-state index in [1.54, 1.807) is 5.56 Å². The molecule has 0 radical (unpaired) electrons. The molecule has 0 aromatic heterocycles. The topological polar surface area (TPSA) is 0 Å². The summed E-state index contributed by atoms with van der Waals surface area (Å²) in [5.41, 5.74) is 11.6. The molecule has 0 saturated carbocycles. The van der Waals surface area contributed by atoms with Gasteiger partial charge >= 0.3 is 37.9 Å². The Morgan fingerprint density at radius 2 is 1.31 bits per heavy atom. The molecule has 3 heteroatoms. The molecular weight excluding hydrogens is 474 g/mol. The van der Waals surface area contributed by atoms with Crippen LogP contribution in [-0.2, 0) is 20.8 Å². The van der Waals surface area contributed by atoms with Gasteiger partial charge < -0.3 is 6.42 Å². The zero-order chi connectivity index (χ0) is 21.1. The van der Waals surface area contributed by atoms with E-state index in [4.69, 9.17) is 17.0 Å². The van der Waals surface area contributed by atoms with Crippen LogP contribution in [0, 0.1) is 40.0 Å². The van der Waals surface area contributed by atoms with Crippen LogP contribution in [0.15, 0.2) is 36.4 Å². The van der Waals surface area contributed by atoms with E-state index in [1.807, 2.05) is 0 Å². The molecule has 0 N–H and O–H groups in total. The fraction of sp³-hybridized carbons (Fsp3) is 0.346. The summed E-state index contributed by atoms with van der Waals surface area (Å²) in [5.74, 6) is 1.52. The Labute approximate surface area is 195 Å². The summed E-state index contributed by atoms with van der Waals surface area (Å²) in [6.07, 6.45) is 13.3. The van der Waals surface area contributed by atoms with Crippen LogP contribution in [0.1, 0.15) is 69.7 Å². The molecule has 0 amide bonds. The van der Waals surface area contributed by atoms with Crippen LogP contribution < -0.4 is 0 Å². The van der Waals surface area contributed by atoms with E-state index in [1.165, 1.54) is 45.4 Å². The second-order valence-electron chi connectivity index (χ2n) is 8.16. The van der Waals surface area contributed by atoms with Crippen molar-refractivity contribution in [3.63, 3.8) is 0 Å². The van der Waals surface area contributed by atoms with Gasteiger partial charge in [-0.25, -0.2) is 0 Å². The van der Waals surface area contributed by atoms with Crippen molar-refractivity contribution in [3.8, 4) is 0 Å². The summed E-state index contributed by atoms with van der Waals surface area (Å²) in [5, 5.41) is 0.